The van der Waals surface area contributed by atoms with Gasteiger partial charge < -0.3 is 33.9 Å². The molecule has 1 aliphatic rings. The van der Waals surface area contributed by atoms with Crippen LogP contribution in [0.4, 0.5) is 5.82 Å². The minimum Gasteiger partial charge on any atom is -0.470 e. The Bertz CT molecular complexity index is 1080. The van der Waals surface area contributed by atoms with Crippen molar-refractivity contribution in [3.63, 3.8) is 0 Å². The van der Waals surface area contributed by atoms with Gasteiger partial charge in [0, 0.05) is 50.9 Å². The number of ether oxygens (including phenoxy) is 5. The number of carbonyl (C=O) groups is 3. The lowest BCUT2D eigenvalue weighted by molar-refractivity contribution is -0.175. The lowest BCUT2D eigenvalue weighted by atomic mass is 9.93. The van der Waals surface area contributed by atoms with Crippen LogP contribution in [0.2, 0.25) is 0 Å². The monoisotopic (exact) mass is 620 g/mol. The van der Waals surface area contributed by atoms with Crippen molar-refractivity contribution in [2.75, 3.05) is 57.6 Å². The molecule has 0 bridgehead atoms. The van der Waals surface area contributed by atoms with Crippen LogP contribution in [0.3, 0.4) is 0 Å². The highest BCUT2D eigenvalue weighted by atomic mass is 32.1. The van der Waals surface area contributed by atoms with Crippen molar-refractivity contribution in [2.45, 2.75) is 77.9 Å². The van der Waals surface area contributed by atoms with Crippen molar-refractivity contribution in [2.24, 2.45) is 5.41 Å². The number of rotatable bonds is 18. The van der Waals surface area contributed by atoms with Crippen molar-refractivity contribution in [3.8, 4) is 30.6 Å². The van der Waals surface area contributed by atoms with E-state index >= 15 is 0 Å². The molecule has 1 saturated heterocycles. The Balaban J connectivity index is 2.14. The van der Waals surface area contributed by atoms with Crippen molar-refractivity contribution in [1.29, 1.82) is 0 Å². The molecule has 13 heteroatoms. The molecule has 0 amide bonds. The molecule has 1 N–H and O–H groups in total. The van der Waals surface area contributed by atoms with E-state index in [1.165, 1.54) is 6.92 Å². The van der Waals surface area contributed by atoms with Crippen LogP contribution in [-0.2, 0) is 33.3 Å². The molecule has 0 saturated carbocycles. The first-order valence-corrected chi connectivity index (χ1v) is 15.1. The Hall–Kier alpha value is -3.39. The Labute approximate surface area is 258 Å². The Morgan fingerprint density at radius 2 is 1.58 bits per heavy atom. The molecule has 1 aromatic rings. The highest BCUT2D eigenvalue weighted by Gasteiger charge is 2.40. The molecule has 12 nitrogen and oxygen atoms in total. The summed E-state index contributed by atoms with van der Waals surface area (Å²) < 4.78 is 36.8. The number of hydrogen-bond donors (Lipinski definition) is 1. The fraction of sp³-hybridized carbons (Fsp3) is 0.700. The first-order chi connectivity index (χ1) is 20.5. The molecule has 1 fully saturated rings. The highest BCUT2D eigenvalue weighted by Crippen LogP contribution is 2.27. The average Bonchev–Trinajstić information content (AvgIpc) is 3.45. The predicted molar refractivity (Wildman–Crippen MR) is 161 cm³/mol. The summed E-state index contributed by atoms with van der Waals surface area (Å²) in [5.74, 6) is 4.14. The van der Waals surface area contributed by atoms with E-state index in [9.17, 15) is 14.4 Å². The molecule has 2 heterocycles. The summed E-state index contributed by atoms with van der Waals surface area (Å²) in [6, 6.07) is 0. The van der Waals surface area contributed by atoms with Crippen molar-refractivity contribution in [3.05, 3.63) is 0 Å². The van der Waals surface area contributed by atoms with E-state index in [1.807, 2.05) is 25.7 Å². The van der Waals surface area contributed by atoms with E-state index in [4.69, 9.17) is 36.5 Å². The first kappa shape index (κ1) is 35.8. The second-order valence-corrected chi connectivity index (χ2v) is 12.0. The van der Waals surface area contributed by atoms with Crippen LogP contribution >= 0.6 is 11.7 Å². The molecule has 43 heavy (non-hydrogen) atoms. The smallest absolute Gasteiger partial charge is 0.319 e. The second-order valence-electron chi connectivity index (χ2n) is 11.5. The molecule has 1 aliphatic heterocycles. The zero-order valence-electron chi connectivity index (χ0n) is 25.6. The van der Waals surface area contributed by atoms with Gasteiger partial charge in [0.15, 0.2) is 0 Å². The highest BCUT2D eigenvalue weighted by molar-refractivity contribution is 6.99. The van der Waals surface area contributed by atoms with E-state index in [1.54, 1.807) is 0 Å². The fourth-order valence-electron chi connectivity index (χ4n) is 3.71. The topological polar surface area (TPSA) is 138 Å². The van der Waals surface area contributed by atoms with Gasteiger partial charge in [-0.2, -0.15) is 4.37 Å². The number of unbranched alkanes of at least 4 members (excludes halogenated alkanes) is 2. The summed E-state index contributed by atoms with van der Waals surface area (Å²) in [4.78, 5) is 40.3. The maximum atomic E-state index is 13.6. The van der Waals surface area contributed by atoms with Gasteiger partial charge in [-0.15, -0.1) is 29.1 Å². The largest absolute Gasteiger partial charge is 0.470 e. The van der Waals surface area contributed by atoms with Crippen molar-refractivity contribution < 1.29 is 38.1 Å². The molecule has 1 atom stereocenters. The summed E-state index contributed by atoms with van der Waals surface area (Å²) >= 11 is 1.03. The molecular formula is C30H44N4O8S. The minimum absolute atomic E-state index is 0.0224. The van der Waals surface area contributed by atoms with Gasteiger partial charge >= 0.3 is 17.9 Å². The number of nitrogens with zero attached hydrogens (tertiary/aromatic N) is 3. The number of anilines is 1. The van der Waals surface area contributed by atoms with Crippen molar-refractivity contribution in [1.82, 2.24) is 14.1 Å². The lowest BCUT2D eigenvalue weighted by Crippen LogP contribution is -2.47. The van der Waals surface area contributed by atoms with Crippen LogP contribution in [0.5, 0.6) is 5.88 Å². The number of esters is 3. The van der Waals surface area contributed by atoms with E-state index in [2.05, 4.69) is 25.9 Å². The maximum Gasteiger partial charge on any atom is 0.319 e. The van der Waals surface area contributed by atoms with Gasteiger partial charge in [-0.05, 0) is 40.5 Å². The van der Waals surface area contributed by atoms with Crippen molar-refractivity contribution >= 4 is 35.5 Å². The lowest BCUT2D eigenvalue weighted by Gasteiger charge is -2.31. The van der Waals surface area contributed by atoms with Crippen LogP contribution < -0.4 is 15.0 Å². The molecule has 1 aromatic heterocycles. The number of hydrogen-bond acceptors (Lipinski definition) is 13. The average molecular weight is 621 g/mol. The van der Waals surface area contributed by atoms with E-state index in [-0.39, 0.29) is 44.7 Å². The zero-order valence-corrected chi connectivity index (χ0v) is 26.5. The first-order valence-electron chi connectivity index (χ1n) is 14.4. The van der Waals surface area contributed by atoms with Gasteiger partial charge in [0.1, 0.15) is 31.3 Å². The number of carbonyl (C=O) groups excluding carboxylic acids is 3. The van der Waals surface area contributed by atoms with Crippen LogP contribution in [-0.4, -0.2) is 91.0 Å². The summed E-state index contributed by atoms with van der Waals surface area (Å²) in [5.41, 5.74) is -1.76. The molecule has 0 radical (unpaired) electrons. The van der Waals surface area contributed by atoms with Crippen LogP contribution in [0.15, 0.2) is 0 Å². The molecule has 0 aromatic carbocycles. The molecule has 0 spiro atoms. The van der Waals surface area contributed by atoms with Crippen LogP contribution in [0.25, 0.3) is 0 Å². The van der Waals surface area contributed by atoms with E-state index in [0.29, 0.717) is 63.7 Å². The SMILES string of the molecule is C#CCCCC(=O)OCC(C)(COC(=O)CCCC#C)C(=O)OC(CNC(C)(C)C)COc1nsnc1N1CCOCC1. The zero-order chi connectivity index (χ0) is 31.7. The van der Waals surface area contributed by atoms with Gasteiger partial charge in [0.25, 0.3) is 5.88 Å². The Morgan fingerprint density at radius 1 is 1.00 bits per heavy atom. The van der Waals surface area contributed by atoms with Gasteiger partial charge in [-0.3, -0.25) is 14.4 Å². The summed E-state index contributed by atoms with van der Waals surface area (Å²) in [6.45, 7) is 9.48. The van der Waals surface area contributed by atoms with Gasteiger partial charge in [0.05, 0.1) is 24.9 Å². The number of nitrogens with one attached hydrogen (secondary N) is 1. The molecule has 1 unspecified atom stereocenters. The third-order valence-corrected chi connectivity index (χ3v) is 6.79. The van der Waals surface area contributed by atoms with E-state index < -0.39 is 29.4 Å². The third-order valence-electron chi connectivity index (χ3n) is 6.29. The summed E-state index contributed by atoms with van der Waals surface area (Å²) in [7, 11) is 0. The van der Waals surface area contributed by atoms with Gasteiger partial charge in [0.2, 0.25) is 5.82 Å². The van der Waals surface area contributed by atoms with E-state index in [0.717, 1.165) is 11.7 Å². The summed E-state index contributed by atoms with van der Waals surface area (Å²) in [6.07, 6.45) is 11.7. The molecule has 238 valence electrons. The fourth-order valence-corrected chi connectivity index (χ4v) is 4.23. The second kappa shape index (κ2) is 18.3. The molecule has 0 aliphatic carbocycles. The normalized spacial score (nSPS) is 14.2. The number of morpholine rings is 1. The minimum atomic E-state index is -1.48. The number of aromatic nitrogens is 2. The van der Waals surface area contributed by atoms with Crippen LogP contribution in [0, 0.1) is 30.1 Å². The molecular weight excluding hydrogens is 576 g/mol. The Kier molecular flexibility index (Phi) is 15.2. The quantitative estimate of drug-likeness (QED) is 0.112. The predicted octanol–water partition coefficient (Wildman–Crippen LogP) is 2.75. The Morgan fingerprint density at radius 3 is 2.12 bits per heavy atom. The summed E-state index contributed by atoms with van der Waals surface area (Å²) in [5, 5.41) is 3.32. The van der Waals surface area contributed by atoms with Gasteiger partial charge in [-0.25, -0.2) is 0 Å². The standard InChI is InChI=1S/C30H44N4O8S/c1-7-9-11-13-24(35)40-21-30(6,22-41-25(36)14-12-10-8-2)28(37)42-23(19-31-29(3,4)5)20-39-27-26(32-43-33-27)34-15-17-38-18-16-34/h1-2,23,31H,9-22H2,3-6H3. The number of terminal acetylenes is 2. The maximum absolute atomic E-state index is 13.6. The molecule has 2 rings (SSSR count). The third kappa shape index (κ3) is 13.6. The van der Waals surface area contributed by atoms with Crippen LogP contribution in [0.1, 0.15) is 66.2 Å². The van der Waals surface area contributed by atoms with Gasteiger partial charge in [-0.1, -0.05) is 0 Å².